The van der Waals surface area contributed by atoms with E-state index in [4.69, 9.17) is 0 Å². The molecule has 6 nitrogen and oxygen atoms in total. The number of methoxy groups -OCH3 is 1. The fourth-order valence-corrected chi connectivity index (χ4v) is 2.83. The first-order chi connectivity index (χ1) is 12.8. The predicted molar refractivity (Wildman–Crippen MR) is 93.4 cm³/mol. The molecule has 140 valence electrons. The minimum atomic E-state index is -1.37. The Balaban J connectivity index is 2.02. The van der Waals surface area contributed by atoms with Crippen LogP contribution >= 0.6 is 0 Å². The molecule has 3 aromatic rings. The summed E-state index contributed by atoms with van der Waals surface area (Å²) in [6.45, 7) is 1.30. The third kappa shape index (κ3) is 3.56. The Morgan fingerprint density at radius 2 is 2.00 bits per heavy atom. The summed E-state index contributed by atoms with van der Waals surface area (Å²) in [5, 5.41) is 10.5. The molecule has 0 saturated carbocycles. The number of esters is 1. The first-order valence-corrected chi connectivity index (χ1v) is 8.04. The third-order valence-corrected chi connectivity index (χ3v) is 4.24. The lowest BCUT2D eigenvalue weighted by atomic mass is 10.1. The number of carbonyl (C=O) groups is 1. The molecule has 1 aromatic heterocycles. The minimum absolute atomic E-state index is 0.121. The highest BCUT2D eigenvalue weighted by Crippen LogP contribution is 2.20. The van der Waals surface area contributed by atoms with Gasteiger partial charge < -0.3 is 9.84 Å². The van der Waals surface area contributed by atoms with Crippen LogP contribution in [0.3, 0.4) is 0 Å². The highest BCUT2D eigenvalue weighted by molar-refractivity contribution is 5.94. The Kier molecular flexibility index (Phi) is 5.00. The van der Waals surface area contributed by atoms with E-state index < -0.39 is 29.3 Å². The van der Waals surface area contributed by atoms with E-state index in [0.29, 0.717) is 11.6 Å². The van der Waals surface area contributed by atoms with Gasteiger partial charge in [-0.2, -0.15) is 0 Å². The van der Waals surface area contributed by atoms with Gasteiger partial charge in [0.15, 0.2) is 0 Å². The Morgan fingerprint density at radius 3 is 2.67 bits per heavy atom. The Hall–Kier alpha value is -3.13. The first kappa shape index (κ1) is 18.7. The standard InChI is InChI=1S/C19H16F2N2O4/c1-10-22-16-7-11(19(26)27-2)3-5-14(16)18(25)23(10)9-17(24)13-6-4-12(20)8-15(13)21/h3-8,17,24H,9H2,1-2H3/t17-/m0/s1. The zero-order valence-corrected chi connectivity index (χ0v) is 14.6. The van der Waals surface area contributed by atoms with Gasteiger partial charge >= 0.3 is 5.97 Å². The second kappa shape index (κ2) is 7.24. The van der Waals surface area contributed by atoms with E-state index in [0.717, 1.165) is 12.1 Å². The van der Waals surface area contributed by atoms with Crippen LogP contribution in [0.1, 0.15) is 27.8 Å². The molecule has 27 heavy (non-hydrogen) atoms. The van der Waals surface area contributed by atoms with E-state index in [1.807, 2.05) is 0 Å². The van der Waals surface area contributed by atoms with Gasteiger partial charge in [-0.05, 0) is 31.2 Å². The van der Waals surface area contributed by atoms with E-state index in [9.17, 15) is 23.5 Å². The maximum atomic E-state index is 13.9. The summed E-state index contributed by atoms with van der Waals surface area (Å²) in [7, 11) is 1.25. The number of fused-ring (bicyclic) bond motifs is 1. The normalized spacial score (nSPS) is 12.2. The van der Waals surface area contributed by atoms with Crippen molar-refractivity contribution >= 4 is 16.9 Å². The Morgan fingerprint density at radius 1 is 1.26 bits per heavy atom. The fourth-order valence-electron chi connectivity index (χ4n) is 2.83. The summed E-state index contributed by atoms with van der Waals surface area (Å²) in [4.78, 5) is 28.7. The van der Waals surface area contributed by atoms with Crippen LogP contribution in [0.5, 0.6) is 0 Å². The van der Waals surface area contributed by atoms with Crippen molar-refractivity contribution in [2.24, 2.45) is 0 Å². The molecule has 3 rings (SSSR count). The zero-order valence-electron chi connectivity index (χ0n) is 14.6. The first-order valence-electron chi connectivity index (χ1n) is 8.04. The largest absolute Gasteiger partial charge is 0.465 e. The highest BCUT2D eigenvalue weighted by Gasteiger charge is 2.18. The Labute approximate surface area is 152 Å². The van der Waals surface area contributed by atoms with Crippen LogP contribution in [0, 0.1) is 18.6 Å². The number of hydrogen-bond donors (Lipinski definition) is 1. The number of rotatable bonds is 4. The van der Waals surface area contributed by atoms with Crippen LogP contribution in [0.25, 0.3) is 10.9 Å². The van der Waals surface area contributed by atoms with Crippen molar-refractivity contribution in [1.29, 1.82) is 0 Å². The lowest BCUT2D eigenvalue weighted by molar-refractivity contribution is 0.0601. The van der Waals surface area contributed by atoms with E-state index in [2.05, 4.69) is 9.72 Å². The van der Waals surface area contributed by atoms with Crippen LogP contribution in [-0.4, -0.2) is 27.7 Å². The highest BCUT2D eigenvalue weighted by atomic mass is 19.1. The van der Waals surface area contributed by atoms with Crippen molar-refractivity contribution in [2.45, 2.75) is 19.6 Å². The lowest BCUT2D eigenvalue weighted by Crippen LogP contribution is -2.27. The van der Waals surface area contributed by atoms with Gasteiger partial charge in [0, 0.05) is 11.6 Å². The molecule has 0 radical (unpaired) electrons. The lowest BCUT2D eigenvalue weighted by Gasteiger charge is -2.16. The molecule has 1 atom stereocenters. The molecule has 1 N–H and O–H groups in total. The summed E-state index contributed by atoms with van der Waals surface area (Å²) in [6.07, 6.45) is -1.37. The second-order valence-corrected chi connectivity index (χ2v) is 5.98. The number of halogens is 2. The van der Waals surface area contributed by atoms with Gasteiger partial charge in [0.1, 0.15) is 17.5 Å². The van der Waals surface area contributed by atoms with Crippen molar-refractivity contribution in [3.63, 3.8) is 0 Å². The molecule has 0 aliphatic rings. The Bertz CT molecular complexity index is 1090. The molecule has 0 spiro atoms. The smallest absolute Gasteiger partial charge is 0.337 e. The van der Waals surface area contributed by atoms with E-state index in [-0.39, 0.29) is 28.9 Å². The van der Waals surface area contributed by atoms with Gasteiger partial charge in [-0.15, -0.1) is 0 Å². The number of nitrogens with zero attached hydrogens (tertiary/aromatic N) is 2. The molecule has 8 heteroatoms. The number of carbonyl (C=O) groups excluding carboxylic acids is 1. The predicted octanol–water partition coefficient (Wildman–Crippen LogP) is 2.50. The van der Waals surface area contributed by atoms with Gasteiger partial charge in [-0.3, -0.25) is 9.36 Å². The summed E-state index contributed by atoms with van der Waals surface area (Å²) < 4.78 is 32.7. The van der Waals surface area contributed by atoms with Crippen LogP contribution < -0.4 is 5.56 Å². The van der Waals surface area contributed by atoms with E-state index >= 15 is 0 Å². The van der Waals surface area contributed by atoms with Crippen LogP contribution in [-0.2, 0) is 11.3 Å². The average molecular weight is 374 g/mol. The van der Waals surface area contributed by atoms with Crippen molar-refractivity contribution in [3.8, 4) is 0 Å². The molecule has 0 unspecified atom stereocenters. The van der Waals surface area contributed by atoms with Gasteiger partial charge in [0.25, 0.3) is 5.56 Å². The topological polar surface area (TPSA) is 81.4 Å². The number of aromatic nitrogens is 2. The molecular weight excluding hydrogens is 358 g/mol. The van der Waals surface area contributed by atoms with Gasteiger partial charge in [0.2, 0.25) is 0 Å². The SMILES string of the molecule is COC(=O)c1ccc2c(=O)n(C[C@H](O)c3ccc(F)cc3F)c(C)nc2c1. The zero-order chi connectivity index (χ0) is 19.7. The van der Waals surface area contributed by atoms with Gasteiger partial charge in [-0.25, -0.2) is 18.6 Å². The van der Waals surface area contributed by atoms with Gasteiger partial charge in [-0.1, -0.05) is 6.07 Å². The van der Waals surface area contributed by atoms with Crippen LogP contribution in [0.4, 0.5) is 8.78 Å². The van der Waals surface area contributed by atoms with Crippen molar-refractivity contribution in [1.82, 2.24) is 9.55 Å². The van der Waals surface area contributed by atoms with E-state index in [1.54, 1.807) is 6.92 Å². The number of aliphatic hydroxyl groups excluding tert-OH is 1. The average Bonchev–Trinajstić information content (AvgIpc) is 2.63. The molecule has 0 aliphatic heterocycles. The summed E-state index contributed by atoms with van der Waals surface area (Å²) in [5.74, 6) is -1.94. The number of aryl methyl sites for hydroxylation is 1. The summed E-state index contributed by atoms with van der Waals surface area (Å²) >= 11 is 0. The molecule has 0 amide bonds. The number of aliphatic hydroxyl groups is 1. The van der Waals surface area contributed by atoms with Crippen LogP contribution in [0.15, 0.2) is 41.2 Å². The molecule has 0 saturated heterocycles. The number of benzene rings is 2. The molecule has 2 aromatic carbocycles. The minimum Gasteiger partial charge on any atom is -0.465 e. The molecule has 0 fully saturated rings. The van der Waals surface area contributed by atoms with Crippen molar-refractivity contribution < 1.29 is 23.4 Å². The summed E-state index contributed by atoms with van der Waals surface area (Å²) in [6, 6.07) is 7.15. The maximum absolute atomic E-state index is 13.9. The molecule has 0 bridgehead atoms. The van der Waals surface area contributed by atoms with Crippen molar-refractivity contribution in [3.05, 3.63) is 75.3 Å². The third-order valence-electron chi connectivity index (χ3n) is 4.24. The van der Waals surface area contributed by atoms with E-state index in [1.165, 1.54) is 29.9 Å². The molecular formula is C19H16F2N2O4. The quantitative estimate of drug-likeness (QED) is 0.710. The summed E-state index contributed by atoms with van der Waals surface area (Å²) in [5.41, 5.74) is -0.0131. The number of ether oxygens (including phenoxy) is 1. The van der Waals surface area contributed by atoms with Crippen LogP contribution in [0.2, 0.25) is 0 Å². The monoisotopic (exact) mass is 374 g/mol. The van der Waals surface area contributed by atoms with Crippen molar-refractivity contribution in [2.75, 3.05) is 7.11 Å². The van der Waals surface area contributed by atoms with Gasteiger partial charge in [0.05, 0.1) is 36.2 Å². The molecule has 1 heterocycles. The fraction of sp³-hybridized carbons (Fsp3) is 0.211. The number of hydrogen-bond acceptors (Lipinski definition) is 5. The maximum Gasteiger partial charge on any atom is 0.337 e. The second-order valence-electron chi connectivity index (χ2n) is 5.98. The molecule has 0 aliphatic carbocycles.